The van der Waals surface area contributed by atoms with E-state index in [0.29, 0.717) is 17.8 Å². The molecule has 19 heavy (non-hydrogen) atoms. The molecule has 2 rings (SSSR count). The van der Waals surface area contributed by atoms with Gasteiger partial charge in [-0.2, -0.15) is 11.8 Å². The summed E-state index contributed by atoms with van der Waals surface area (Å²) in [5.74, 6) is 0.685. The van der Waals surface area contributed by atoms with Crippen LogP contribution in [0.3, 0.4) is 0 Å². The molecule has 1 aliphatic rings. The van der Waals surface area contributed by atoms with Crippen molar-refractivity contribution in [1.29, 1.82) is 0 Å². The van der Waals surface area contributed by atoms with Crippen LogP contribution in [0.15, 0.2) is 23.1 Å². The molecule has 0 bridgehead atoms. The number of hydrogen-bond acceptors (Lipinski definition) is 5. The number of fused-ring (bicyclic) bond motifs is 1. The molecule has 0 radical (unpaired) electrons. The molecule has 1 aromatic carbocycles. The molecular weight excluding hydrogens is 284 g/mol. The standard InChI is InChI=1S/C12H16N2O3S2/c1-18-7-6-9-12(15)14-11-8(13-9)4-3-5-10(11)19(2,16)17/h3-5,9,13H,6-7H2,1-2H3,(H,14,15). The first kappa shape index (κ1) is 14.2. The van der Waals surface area contributed by atoms with Gasteiger partial charge < -0.3 is 10.6 Å². The van der Waals surface area contributed by atoms with Gasteiger partial charge in [-0.15, -0.1) is 0 Å². The lowest BCUT2D eigenvalue weighted by Gasteiger charge is -2.27. The maximum atomic E-state index is 12.0. The van der Waals surface area contributed by atoms with Crippen molar-refractivity contribution in [3.63, 3.8) is 0 Å². The van der Waals surface area contributed by atoms with Gasteiger partial charge in [-0.05, 0) is 30.6 Å². The molecule has 0 aliphatic carbocycles. The molecule has 1 unspecified atom stereocenters. The molecule has 0 saturated heterocycles. The number of amides is 1. The van der Waals surface area contributed by atoms with Gasteiger partial charge in [0.05, 0.1) is 16.3 Å². The molecular formula is C12H16N2O3S2. The molecule has 1 amide bonds. The lowest BCUT2D eigenvalue weighted by atomic mass is 10.1. The predicted octanol–water partition coefficient (Wildman–Crippen LogP) is 1.58. The Kier molecular flexibility index (Phi) is 4.05. The van der Waals surface area contributed by atoms with Crippen LogP contribution in [0.2, 0.25) is 0 Å². The van der Waals surface area contributed by atoms with Crippen molar-refractivity contribution in [2.24, 2.45) is 0 Å². The summed E-state index contributed by atoms with van der Waals surface area (Å²) >= 11 is 1.67. The SMILES string of the molecule is CSCCC1Nc2cccc(S(C)(=O)=O)c2NC1=O. The number of rotatable bonds is 4. The fourth-order valence-electron chi connectivity index (χ4n) is 1.99. The minimum Gasteiger partial charge on any atom is -0.372 e. The highest BCUT2D eigenvalue weighted by Crippen LogP contribution is 2.33. The van der Waals surface area contributed by atoms with E-state index in [1.54, 1.807) is 23.9 Å². The molecule has 0 aromatic heterocycles. The highest BCUT2D eigenvalue weighted by molar-refractivity contribution is 7.98. The van der Waals surface area contributed by atoms with Crippen LogP contribution in [0.4, 0.5) is 11.4 Å². The zero-order valence-corrected chi connectivity index (χ0v) is 12.4. The van der Waals surface area contributed by atoms with Crippen molar-refractivity contribution < 1.29 is 13.2 Å². The van der Waals surface area contributed by atoms with Crippen LogP contribution in [0, 0.1) is 0 Å². The Labute approximate surface area is 117 Å². The maximum absolute atomic E-state index is 12.0. The van der Waals surface area contributed by atoms with Gasteiger partial charge in [-0.3, -0.25) is 4.79 Å². The van der Waals surface area contributed by atoms with E-state index in [2.05, 4.69) is 10.6 Å². The van der Waals surface area contributed by atoms with Crippen LogP contribution in [-0.4, -0.2) is 38.6 Å². The number of para-hydroxylation sites is 1. The first-order valence-electron chi connectivity index (χ1n) is 5.83. The van der Waals surface area contributed by atoms with Crippen molar-refractivity contribution >= 4 is 38.9 Å². The fourth-order valence-corrected chi connectivity index (χ4v) is 3.32. The Hall–Kier alpha value is -1.21. The van der Waals surface area contributed by atoms with Crippen LogP contribution < -0.4 is 10.6 Å². The summed E-state index contributed by atoms with van der Waals surface area (Å²) in [7, 11) is -3.36. The van der Waals surface area contributed by atoms with Gasteiger partial charge >= 0.3 is 0 Å². The third kappa shape index (κ3) is 3.03. The largest absolute Gasteiger partial charge is 0.372 e. The van der Waals surface area contributed by atoms with Gasteiger partial charge in [0, 0.05) is 6.26 Å². The first-order valence-corrected chi connectivity index (χ1v) is 9.11. The number of hydrogen-bond donors (Lipinski definition) is 2. The van der Waals surface area contributed by atoms with Crippen molar-refractivity contribution in [1.82, 2.24) is 0 Å². The molecule has 1 aliphatic heterocycles. The van der Waals surface area contributed by atoms with Crippen molar-refractivity contribution in [2.45, 2.75) is 17.4 Å². The van der Waals surface area contributed by atoms with Gasteiger partial charge in [0.15, 0.2) is 9.84 Å². The van der Waals surface area contributed by atoms with E-state index in [9.17, 15) is 13.2 Å². The van der Waals surface area contributed by atoms with Gasteiger partial charge in [0.2, 0.25) is 5.91 Å². The summed E-state index contributed by atoms with van der Waals surface area (Å²) in [6, 6.07) is 4.63. The first-order chi connectivity index (χ1) is 8.93. The Morgan fingerprint density at radius 3 is 2.74 bits per heavy atom. The van der Waals surface area contributed by atoms with Crippen molar-refractivity contribution in [2.75, 3.05) is 28.9 Å². The van der Waals surface area contributed by atoms with E-state index >= 15 is 0 Å². The number of carbonyl (C=O) groups excluding carboxylic acids is 1. The highest BCUT2D eigenvalue weighted by Gasteiger charge is 2.28. The number of thioether (sulfide) groups is 1. The molecule has 104 valence electrons. The number of benzene rings is 1. The fraction of sp³-hybridized carbons (Fsp3) is 0.417. The molecule has 1 atom stereocenters. The normalized spacial score (nSPS) is 18.4. The molecule has 0 saturated carbocycles. The Morgan fingerprint density at radius 2 is 2.11 bits per heavy atom. The van der Waals surface area contributed by atoms with Crippen molar-refractivity contribution in [3.05, 3.63) is 18.2 Å². The monoisotopic (exact) mass is 300 g/mol. The van der Waals surface area contributed by atoms with Gasteiger partial charge in [-0.25, -0.2) is 8.42 Å². The van der Waals surface area contributed by atoms with E-state index in [4.69, 9.17) is 0 Å². The summed E-state index contributed by atoms with van der Waals surface area (Å²) < 4.78 is 23.4. The average Bonchev–Trinajstić information content (AvgIpc) is 2.34. The van der Waals surface area contributed by atoms with Gasteiger partial charge in [-0.1, -0.05) is 6.07 Å². The van der Waals surface area contributed by atoms with Gasteiger partial charge in [0.1, 0.15) is 6.04 Å². The molecule has 7 heteroatoms. The number of nitrogens with one attached hydrogen (secondary N) is 2. The molecule has 0 spiro atoms. The summed E-state index contributed by atoms with van der Waals surface area (Å²) in [5.41, 5.74) is 1.02. The molecule has 0 fully saturated rings. The number of anilines is 2. The van der Waals surface area contributed by atoms with Crippen LogP contribution in [0.5, 0.6) is 0 Å². The Balaban J connectivity index is 2.35. The summed E-state index contributed by atoms with van der Waals surface area (Å²) in [4.78, 5) is 12.1. The Morgan fingerprint density at radius 1 is 1.37 bits per heavy atom. The second kappa shape index (κ2) is 5.42. The number of sulfone groups is 1. The minimum atomic E-state index is -3.36. The van der Waals surface area contributed by atoms with Crippen LogP contribution in [-0.2, 0) is 14.6 Å². The maximum Gasteiger partial charge on any atom is 0.246 e. The third-order valence-electron chi connectivity index (χ3n) is 2.93. The summed E-state index contributed by atoms with van der Waals surface area (Å²) in [5, 5.41) is 5.81. The van der Waals surface area contributed by atoms with Crippen LogP contribution in [0.1, 0.15) is 6.42 Å². The molecule has 2 N–H and O–H groups in total. The average molecular weight is 300 g/mol. The smallest absolute Gasteiger partial charge is 0.246 e. The van der Waals surface area contributed by atoms with E-state index in [-0.39, 0.29) is 16.8 Å². The molecule has 1 heterocycles. The lowest BCUT2D eigenvalue weighted by Crippen LogP contribution is -2.39. The number of carbonyl (C=O) groups is 1. The summed E-state index contributed by atoms with van der Waals surface area (Å²) in [6.07, 6.45) is 3.82. The zero-order chi connectivity index (χ0) is 14.0. The van der Waals surface area contributed by atoms with E-state index in [1.165, 1.54) is 6.07 Å². The van der Waals surface area contributed by atoms with Crippen molar-refractivity contribution in [3.8, 4) is 0 Å². The molecule has 1 aromatic rings. The third-order valence-corrected chi connectivity index (χ3v) is 4.71. The second-order valence-electron chi connectivity index (χ2n) is 4.42. The topological polar surface area (TPSA) is 75.3 Å². The van der Waals surface area contributed by atoms with Crippen LogP contribution >= 0.6 is 11.8 Å². The Bertz CT molecular complexity index is 599. The highest BCUT2D eigenvalue weighted by atomic mass is 32.2. The van der Waals surface area contributed by atoms with Gasteiger partial charge in [0.25, 0.3) is 0 Å². The van der Waals surface area contributed by atoms with E-state index in [1.807, 2.05) is 6.26 Å². The minimum absolute atomic E-state index is 0.147. The van der Waals surface area contributed by atoms with E-state index < -0.39 is 9.84 Å². The zero-order valence-electron chi connectivity index (χ0n) is 10.8. The summed E-state index contributed by atoms with van der Waals surface area (Å²) in [6.45, 7) is 0. The predicted molar refractivity (Wildman–Crippen MR) is 78.6 cm³/mol. The lowest BCUT2D eigenvalue weighted by molar-refractivity contribution is -0.117. The second-order valence-corrected chi connectivity index (χ2v) is 7.39. The molecule has 5 nitrogen and oxygen atoms in total. The quantitative estimate of drug-likeness (QED) is 0.883. The van der Waals surface area contributed by atoms with E-state index in [0.717, 1.165) is 12.0 Å². The van der Waals surface area contributed by atoms with Crippen LogP contribution in [0.25, 0.3) is 0 Å².